The molecule has 0 N–H and O–H groups in total. The zero-order valence-corrected chi connectivity index (χ0v) is 19.6. The van der Waals surface area contributed by atoms with Gasteiger partial charge in [-0.15, -0.1) is 0 Å². The van der Waals surface area contributed by atoms with Gasteiger partial charge in [0.05, 0.1) is 12.2 Å². The lowest BCUT2D eigenvalue weighted by Crippen LogP contribution is -2.45. The van der Waals surface area contributed by atoms with E-state index in [1.807, 2.05) is 4.57 Å². The molecule has 6 nitrogen and oxygen atoms in total. The van der Waals surface area contributed by atoms with E-state index in [0.29, 0.717) is 12.5 Å². The van der Waals surface area contributed by atoms with Gasteiger partial charge in [0.2, 0.25) is 5.91 Å². The predicted octanol–water partition coefficient (Wildman–Crippen LogP) is 3.24. The van der Waals surface area contributed by atoms with Gasteiger partial charge in [-0.05, 0) is 56.6 Å². The Morgan fingerprint density at radius 3 is 2.73 bits per heavy atom. The van der Waals surface area contributed by atoms with Crippen molar-refractivity contribution in [2.75, 3.05) is 32.7 Å². The number of fused-ring (bicyclic) bond motifs is 1. The highest BCUT2D eigenvalue weighted by Crippen LogP contribution is 2.27. The van der Waals surface area contributed by atoms with Gasteiger partial charge in [0, 0.05) is 44.6 Å². The fourth-order valence-electron chi connectivity index (χ4n) is 5.86. The number of benzene rings is 1. The molecule has 3 aliphatic rings. The smallest absolute Gasteiger partial charge is 0.253 e. The summed E-state index contributed by atoms with van der Waals surface area (Å²) in [7, 11) is 0. The van der Waals surface area contributed by atoms with Crippen molar-refractivity contribution in [3.8, 4) is 0 Å². The zero-order chi connectivity index (χ0) is 22.6. The average molecular weight is 449 g/mol. The minimum absolute atomic E-state index is 0.101. The molecule has 2 aromatic rings. The lowest BCUT2D eigenvalue weighted by Gasteiger charge is -2.34. The van der Waals surface area contributed by atoms with Crippen LogP contribution in [0.15, 0.2) is 41.2 Å². The van der Waals surface area contributed by atoms with Crippen LogP contribution in [0.5, 0.6) is 0 Å². The van der Waals surface area contributed by atoms with Crippen LogP contribution in [0.3, 0.4) is 0 Å². The van der Waals surface area contributed by atoms with Crippen LogP contribution in [0.25, 0.3) is 0 Å². The number of aryl methyl sites for hydroxylation is 1. The highest BCUT2D eigenvalue weighted by molar-refractivity contribution is 5.78. The van der Waals surface area contributed by atoms with E-state index < -0.39 is 0 Å². The maximum absolute atomic E-state index is 13.1. The van der Waals surface area contributed by atoms with Gasteiger partial charge in [-0.2, -0.15) is 0 Å². The fraction of sp³-hybridized carbons (Fsp3) is 0.593. The van der Waals surface area contributed by atoms with Gasteiger partial charge in [-0.3, -0.25) is 19.1 Å². The largest absolute Gasteiger partial charge is 0.341 e. The van der Waals surface area contributed by atoms with Crippen molar-refractivity contribution in [1.82, 2.24) is 19.4 Å². The van der Waals surface area contributed by atoms with E-state index in [1.54, 1.807) is 6.07 Å². The third-order valence-corrected chi connectivity index (χ3v) is 7.68. The summed E-state index contributed by atoms with van der Waals surface area (Å²) in [4.78, 5) is 35.0. The van der Waals surface area contributed by atoms with Crippen molar-refractivity contribution in [2.45, 2.75) is 63.8 Å². The highest BCUT2D eigenvalue weighted by Gasteiger charge is 2.30. The molecule has 1 amide bonds. The number of aromatic nitrogens is 2. The van der Waals surface area contributed by atoms with E-state index in [-0.39, 0.29) is 17.4 Å². The molecular weight excluding hydrogens is 412 g/mol. The van der Waals surface area contributed by atoms with Crippen LogP contribution in [-0.4, -0.2) is 58.0 Å². The summed E-state index contributed by atoms with van der Waals surface area (Å²) < 4.78 is 1.87. The molecule has 1 aromatic heterocycles. The lowest BCUT2D eigenvalue weighted by molar-refractivity contribution is -0.134. The van der Waals surface area contributed by atoms with Crippen LogP contribution in [0.2, 0.25) is 0 Å². The number of piperidine rings is 1. The second kappa shape index (κ2) is 10.2. The molecule has 0 radical (unpaired) electrons. The number of carbonyl (C=O) groups is 1. The normalized spacial score (nSPS) is 23.8. The minimum atomic E-state index is 0.101. The quantitative estimate of drug-likeness (QED) is 0.705. The lowest BCUT2D eigenvalue weighted by atomic mass is 9.91. The van der Waals surface area contributed by atoms with Crippen LogP contribution in [0.4, 0.5) is 0 Å². The van der Waals surface area contributed by atoms with Gasteiger partial charge in [-0.25, -0.2) is 4.98 Å². The first-order chi connectivity index (χ1) is 16.2. The van der Waals surface area contributed by atoms with Gasteiger partial charge < -0.3 is 4.90 Å². The summed E-state index contributed by atoms with van der Waals surface area (Å²) in [6.45, 7) is 4.76. The number of carbonyl (C=O) groups excluding carboxylic acids is 1. The van der Waals surface area contributed by atoms with Crippen LogP contribution < -0.4 is 5.56 Å². The zero-order valence-electron chi connectivity index (χ0n) is 19.6. The maximum Gasteiger partial charge on any atom is 0.253 e. The van der Waals surface area contributed by atoms with Crippen molar-refractivity contribution < 1.29 is 4.79 Å². The van der Waals surface area contributed by atoms with Crippen molar-refractivity contribution >= 4 is 5.91 Å². The first-order valence-electron chi connectivity index (χ1n) is 12.8. The van der Waals surface area contributed by atoms with E-state index in [4.69, 9.17) is 4.98 Å². The molecule has 2 fully saturated rings. The van der Waals surface area contributed by atoms with Crippen molar-refractivity contribution in [2.24, 2.45) is 5.92 Å². The molecule has 0 spiro atoms. The molecule has 2 atom stereocenters. The molecular formula is C27H36N4O2. The summed E-state index contributed by atoms with van der Waals surface area (Å²) in [6, 6.07) is 12.4. The number of hydrogen-bond donors (Lipinski definition) is 0. The van der Waals surface area contributed by atoms with Gasteiger partial charge in [0.15, 0.2) is 0 Å². The molecule has 5 rings (SSSR count). The molecule has 1 aromatic carbocycles. The van der Waals surface area contributed by atoms with Gasteiger partial charge >= 0.3 is 0 Å². The first-order valence-corrected chi connectivity index (χ1v) is 12.8. The second-order valence-corrected chi connectivity index (χ2v) is 10.2. The standard InChI is InChI=1S/C27H36N4O2/c32-26-17-24(28-25-11-5-2-6-14-31(25)26)23-12-15-29(19-23)20-27(33)30-13-7-10-22(18-30)16-21-8-3-1-4-9-21/h1,3-4,8-9,17,22-23H,2,5-7,10-16,18-20H2/t22-,23+/m1/s1. The van der Waals surface area contributed by atoms with E-state index in [9.17, 15) is 9.59 Å². The minimum Gasteiger partial charge on any atom is -0.341 e. The Morgan fingerprint density at radius 2 is 1.85 bits per heavy atom. The van der Waals surface area contributed by atoms with Crippen LogP contribution in [0.1, 0.15) is 61.5 Å². The van der Waals surface area contributed by atoms with Gasteiger partial charge in [0.1, 0.15) is 5.82 Å². The molecule has 176 valence electrons. The summed E-state index contributed by atoms with van der Waals surface area (Å²) in [5.41, 5.74) is 2.40. The summed E-state index contributed by atoms with van der Waals surface area (Å²) in [5.74, 6) is 2.02. The highest BCUT2D eigenvalue weighted by atomic mass is 16.2. The molecule has 0 aliphatic carbocycles. The van der Waals surface area contributed by atoms with Crippen molar-refractivity contribution in [1.29, 1.82) is 0 Å². The van der Waals surface area contributed by atoms with Crippen LogP contribution >= 0.6 is 0 Å². The molecule has 6 heteroatoms. The van der Waals surface area contributed by atoms with Crippen LogP contribution in [0, 0.1) is 5.92 Å². The fourth-order valence-corrected chi connectivity index (χ4v) is 5.86. The Morgan fingerprint density at radius 1 is 0.970 bits per heavy atom. The second-order valence-electron chi connectivity index (χ2n) is 10.2. The Bertz CT molecular complexity index is 1020. The van der Waals surface area contributed by atoms with Gasteiger partial charge in [0.25, 0.3) is 5.56 Å². The topological polar surface area (TPSA) is 58.4 Å². The van der Waals surface area contributed by atoms with E-state index in [2.05, 4.69) is 40.1 Å². The van der Waals surface area contributed by atoms with Crippen molar-refractivity contribution in [3.63, 3.8) is 0 Å². The first kappa shape index (κ1) is 22.3. The molecule has 4 heterocycles. The number of rotatable bonds is 5. The number of hydrogen-bond acceptors (Lipinski definition) is 4. The van der Waals surface area contributed by atoms with Gasteiger partial charge in [-0.1, -0.05) is 36.8 Å². The molecule has 0 bridgehead atoms. The van der Waals surface area contributed by atoms with E-state index >= 15 is 0 Å². The molecule has 0 unspecified atom stereocenters. The maximum atomic E-state index is 13.1. The average Bonchev–Trinajstić information content (AvgIpc) is 3.15. The number of amides is 1. The molecule has 0 saturated carbocycles. The Hall–Kier alpha value is -2.47. The predicted molar refractivity (Wildman–Crippen MR) is 129 cm³/mol. The number of likely N-dealkylation sites (tertiary alicyclic amines) is 2. The summed E-state index contributed by atoms with van der Waals surface area (Å²) in [6.07, 6.45) is 8.56. The molecule has 33 heavy (non-hydrogen) atoms. The summed E-state index contributed by atoms with van der Waals surface area (Å²) in [5, 5.41) is 0. The molecule has 3 aliphatic heterocycles. The third-order valence-electron chi connectivity index (χ3n) is 7.68. The van der Waals surface area contributed by atoms with E-state index in [1.165, 1.54) is 18.4 Å². The Labute approximate surface area is 196 Å². The molecule has 2 saturated heterocycles. The Kier molecular flexibility index (Phi) is 6.91. The monoisotopic (exact) mass is 448 g/mol. The van der Waals surface area contributed by atoms with Crippen LogP contribution in [-0.2, 0) is 24.2 Å². The van der Waals surface area contributed by atoms with Crippen molar-refractivity contribution in [3.05, 3.63) is 63.8 Å². The third kappa shape index (κ3) is 5.37. The Balaban J connectivity index is 1.17. The van der Waals surface area contributed by atoms with E-state index in [0.717, 1.165) is 82.8 Å². The summed E-state index contributed by atoms with van der Waals surface area (Å²) >= 11 is 0. The SMILES string of the molecule is O=C(CN1CC[C@H](c2cc(=O)n3c(n2)CCCCC3)C1)N1CCC[C@H](Cc2ccccc2)C1. The number of nitrogens with zero attached hydrogens (tertiary/aromatic N) is 4.